The number of allylic oxidation sites excluding steroid dienone is 1. The molecular weight excluding hydrogens is 532 g/mol. The summed E-state index contributed by atoms with van der Waals surface area (Å²) in [4.78, 5) is 32.1. The van der Waals surface area contributed by atoms with Crippen molar-refractivity contribution in [2.24, 2.45) is 10.9 Å². The zero-order valence-electron chi connectivity index (χ0n) is 23.5. The van der Waals surface area contributed by atoms with E-state index in [9.17, 15) is 14.7 Å². The number of thiazole rings is 1. The van der Waals surface area contributed by atoms with E-state index >= 15 is 0 Å². The molecule has 2 aromatic carbocycles. The van der Waals surface area contributed by atoms with Crippen LogP contribution >= 0.6 is 11.3 Å². The molecule has 0 radical (unpaired) electrons. The van der Waals surface area contributed by atoms with Crippen molar-refractivity contribution in [3.05, 3.63) is 78.5 Å². The van der Waals surface area contributed by atoms with Gasteiger partial charge in [0.1, 0.15) is 0 Å². The van der Waals surface area contributed by atoms with E-state index < -0.39 is 12.0 Å². The van der Waals surface area contributed by atoms with Gasteiger partial charge in [-0.15, -0.1) is 0 Å². The van der Waals surface area contributed by atoms with Crippen LogP contribution in [-0.2, 0) is 9.53 Å². The van der Waals surface area contributed by atoms with Gasteiger partial charge in [-0.1, -0.05) is 37.3 Å². The lowest BCUT2D eigenvalue weighted by molar-refractivity contribution is -0.139. The van der Waals surface area contributed by atoms with Crippen molar-refractivity contribution >= 4 is 23.4 Å². The first-order valence-electron chi connectivity index (χ1n) is 13.1. The maximum absolute atomic E-state index is 13.9. The molecule has 0 saturated heterocycles. The number of carbonyl (C=O) groups excluding carboxylic acids is 1. The zero-order chi connectivity index (χ0) is 29.0. The number of ether oxygens (including phenoxy) is 4. The molecule has 0 spiro atoms. The van der Waals surface area contributed by atoms with Gasteiger partial charge in [-0.3, -0.25) is 9.36 Å². The maximum atomic E-state index is 13.9. The quantitative estimate of drug-likeness (QED) is 0.370. The Balaban J connectivity index is 1.87. The molecule has 0 saturated carbocycles. The Kier molecular flexibility index (Phi) is 8.99. The van der Waals surface area contributed by atoms with E-state index in [-0.39, 0.29) is 23.5 Å². The first-order valence-corrected chi connectivity index (χ1v) is 13.9. The van der Waals surface area contributed by atoms with E-state index in [1.54, 1.807) is 51.3 Å². The van der Waals surface area contributed by atoms with Crippen LogP contribution < -0.4 is 29.1 Å². The van der Waals surface area contributed by atoms with E-state index in [0.717, 1.165) is 6.42 Å². The Morgan fingerprint density at radius 2 is 1.88 bits per heavy atom. The van der Waals surface area contributed by atoms with E-state index in [0.29, 0.717) is 55.9 Å². The molecule has 1 N–H and O–H groups in total. The molecule has 3 aromatic rings. The summed E-state index contributed by atoms with van der Waals surface area (Å²) in [5.74, 6) is 1.33. The predicted octanol–water partition coefficient (Wildman–Crippen LogP) is 3.95. The lowest BCUT2D eigenvalue weighted by atomic mass is 9.95. The summed E-state index contributed by atoms with van der Waals surface area (Å²) in [6.07, 6.45) is 2.60. The van der Waals surface area contributed by atoms with E-state index in [1.165, 1.54) is 29.1 Å². The third kappa shape index (κ3) is 5.91. The van der Waals surface area contributed by atoms with Crippen molar-refractivity contribution in [1.29, 1.82) is 0 Å². The predicted molar refractivity (Wildman–Crippen MR) is 153 cm³/mol. The van der Waals surface area contributed by atoms with Crippen LogP contribution in [0.25, 0.3) is 6.08 Å². The van der Waals surface area contributed by atoms with Gasteiger partial charge in [-0.05, 0) is 67.7 Å². The Labute approximate surface area is 236 Å². The van der Waals surface area contributed by atoms with Crippen molar-refractivity contribution in [3.8, 4) is 23.0 Å². The number of phenols is 1. The summed E-state index contributed by atoms with van der Waals surface area (Å²) in [7, 11) is 3.01. The molecule has 0 aliphatic carbocycles. The Bertz CT molecular complexity index is 1620. The van der Waals surface area contributed by atoms with Gasteiger partial charge in [-0.2, -0.15) is 0 Å². The molecule has 1 aliphatic heterocycles. The number of carbonyl (C=O) groups is 1. The number of hydrogen-bond acceptors (Lipinski definition) is 9. The first-order chi connectivity index (χ1) is 19.2. The van der Waals surface area contributed by atoms with Crippen molar-refractivity contribution in [1.82, 2.24) is 4.57 Å². The number of phenolic OH excluding ortho intramolecular Hbond substituents is 1. The minimum absolute atomic E-state index is 0.00129. The number of hydrogen-bond donors (Lipinski definition) is 1. The zero-order valence-corrected chi connectivity index (χ0v) is 24.3. The van der Waals surface area contributed by atoms with Gasteiger partial charge in [0, 0.05) is 0 Å². The molecule has 1 aliphatic rings. The number of rotatable bonds is 10. The minimum Gasteiger partial charge on any atom is -0.504 e. The second kappa shape index (κ2) is 12.4. The monoisotopic (exact) mass is 566 g/mol. The second-order valence-electron chi connectivity index (χ2n) is 9.67. The Morgan fingerprint density at radius 3 is 2.55 bits per heavy atom. The molecule has 1 aromatic heterocycles. The highest BCUT2D eigenvalue weighted by Crippen LogP contribution is 2.36. The Morgan fingerprint density at radius 1 is 1.12 bits per heavy atom. The van der Waals surface area contributed by atoms with Crippen LogP contribution in [0.15, 0.2) is 57.5 Å². The third-order valence-corrected chi connectivity index (χ3v) is 7.46. The number of aromatic hydroxyl groups is 1. The van der Waals surface area contributed by atoms with Gasteiger partial charge < -0.3 is 24.1 Å². The normalized spacial score (nSPS) is 15.1. The summed E-state index contributed by atoms with van der Waals surface area (Å²) < 4.78 is 24.1. The molecule has 40 heavy (non-hydrogen) atoms. The summed E-state index contributed by atoms with van der Waals surface area (Å²) in [5.41, 5.74) is 1.76. The highest BCUT2D eigenvalue weighted by Gasteiger charge is 2.34. The number of methoxy groups -OCH3 is 2. The molecule has 10 heteroatoms. The average molecular weight is 567 g/mol. The molecule has 2 heterocycles. The number of fused-ring (bicyclic) bond motifs is 1. The van der Waals surface area contributed by atoms with E-state index in [2.05, 4.69) is 18.8 Å². The van der Waals surface area contributed by atoms with Crippen molar-refractivity contribution in [2.75, 3.05) is 27.4 Å². The van der Waals surface area contributed by atoms with Gasteiger partial charge >= 0.3 is 5.97 Å². The summed E-state index contributed by atoms with van der Waals surface area (Å²) >= 11 is 1.21. The molecule has 1 unspecified atom stereocenters. The first kappa shape index (κ1) is 28.9. The van der Waals surface area contributed by atoms with Crippen LogP contribution in [0.2, 0.25) is 0 Å². The molecule has 0 bridgehead atoms. The topological polar surface area (TPSA) is 109 Å². The SMILES string of the molecule is CCOC(=O)C1=C(C)N=c2sc(=Cc3ccc(O)c(OC)c3)c(=O)n2C1c1ccc(OCCC(C)C)c(OC)c1. The molecule has 1 atom stereocenters. The number of benzene rings is 2. The fourth-order valence-electron chi connectivity index (χ4n) is 4.42. The van der Waals surface area contributed by atoms with Crippen LogP contribution in [0.4, 0.5) is 0 Å². The maximum Gasteiger partial charge on any atom is 0.338 e. The third-order valence-electron chi connectivity index (χ3n) is 6.47. The van der Waals surface area contributed by atoms with Gasteiger partial charge in [0.2, 0.25) is 0 Å². The molecule has 212 valence electrons. The van der Waals surface area contributed by atoms with E-state index in [1.807, 2.05) is 6.07 Å². The van der Waals surface area contributed by atoms with Gasteiger partial charge in [-0.25, -0.2) is 9.79 Å². The van der Waals surface area contributed by atoms with E-state index in [4.69, 9.17) is 18.9 Å². The molecule has 4 rings (SSSR count). The second-order valence-corrected chi connectivity index (χ2v) is 10.7. The van der Waals surface area contributed by atoms with Crippen LogP contribution in [0.1, 0.15) is 51.3 Å². The van der Waals surface area contributed by atoms with Gasteiger partial charge in [0.15, 0.2) is 27.8 Å². The average Bonchev–Trinajstić information content (AvgIpc) is 3.22. The highest BCUT2D eigenvalue weighted by atomic mass is 32.1. The number of aromatic nitrogens is 1. The van der Waals surface area contributed by atoms with Crippen molar-refractivity contribution < 1.29 is 28.8 Å². The standard InChI is InChI=1S/C30H34N2O7S/c1-7-38-29(35)26-18(4)31-30-32(28(34)25(40-30)15-19-8-10-21(33)23(14-19)36-5)27(26)20-9-11-22(24(16-20)37-6)39-13-12-17(2)3/h8-11,14-17,27,33H,7,12-13H2,1-6H3. The molecule has 0 fully saturated rings. The summed E-state index contributed by atoms with van der Waals surface area (Å²) in [5, 5.41) is 9.95. The summed E-state index contributed by atoms with van der Waals surface area (Å²) in [6, 6.07) is 9.46. The van der Waals surface area contributed by atoms with Crippen LogP contribution in [0.5, 0.6) is 23.0 Å². The molecule has 9 nitrogen and oxygen atoms in total. The van der Waals surface area contributed by atoms with Crippen LogP contribution in [-0.4, -0.2) is 43.1 Å². The molecular formula is C30H34N2O7S. The van der Waals surface area contributed by atoms with Gasteiger partial charge in [0.25, 0.3) is 5.56 Å². The van der Waals surface area contributed by atoms with Crippen molar-refractivity contribution in [2.45, 2.75) is 40.2 Å². The van der Waals surface area contributed by atoms with Crippen LogP contribution in [0, 0.1) is 5.92 Å². The van der Waals surface area contributed by atoms with Crippen LogP contribution in [0.3, 0.4) is 0 Å². The fraction of sp³-hybridized carbons (Fsp3) is 0.367. The Hall–Kier alpha value is -4.05. The minimum atomic E-state index is -0.787. The largest absolute Gasteiger partial charge is 0.504 e. The lowest BCUT2D eigenvalue weighted by Gasteiger charge is -2.25. The number of nitrogens with zero attached hydrogens (tertiary/aromatic N) is 2. The number of esters is 1. The van der Waals surface area contributed by atoms with Gasteiger partial charge in [0.05, 0.1) is 49.3 Å². The van der Waals surface area contributed by atoms with Crippen molar-refractivity contribution in [3.63, 3.8) is 0 Å². The lowest BCUT2D eigenvalue weighted by Crippen LogP contribution is -2.40. The molecule has 0 amide bonds. The fourth-order valence-corrected chi connectivity index (χ4v) is 5.47. The highest BCUT2D eigenvalue weighted by molar-refractivity contribution is 7.07. The summed E-state index contributed by atoms with van der Waals surface area (Å²) in [6.45, 7) is 8.45. The smallest absolute Gasteiger partial charge is 0.338 e.